The van der Waals surface area contributed by atoms with Gasteiger partial charge in [0.25, 0.3) is 5.91 Å². The smallest absolute Gasteiger partial charge is 0.253 e. The Morgan fingerprint density at radius 1 is 1.06 bits per heavy atom. The summed E-state index contributed by atoms with van der Waals surface area (Å²) in [7, 11) is -0.167. The standard InChI is InChI=1S/C22H24N6O3S/c1-28(2)21(29)16-9-7-15(8-10-16)19-14-24-22-26-17-5-3-6-18(13-17)32(30,31)25-12-4-11-23-20(19)27-22/h3,5-10,13-14,25H,4,11-12H2,1-2H3,(H2,23,24,26,27). The van der Waals surface area contributed by atoms with E-state index >= 15 is 0 Å². The zero-order chi connectivity index (χ0) is 22.7. The number of carbonyl (C=O) groups excluding carboxylic acids is 1. The molecule has 0 atom stereocenters. The molecule has 4 bridgehead atoms. The summed E-state index contributed by atoms with van der Waals surface area (Å²) in [6.07, 6.45) is 2.28. The van der Waals surface area contributed by atoms with Crippen molar-refractivity contribution >= 4 is 33.4 Å². The number of sulfonamides is 1. The van der Waals surface area contributed by atoms with Crippen molar-refractivity contribution in [2.45, 2.75) is 11.3 Å². The molecule has 0 spiro atoms. The average Bonchev–Trinajstić information content (AvgIpc) is 2.79. The van der Waals surface area contributed by atoms with E-state index in [-0.39, 0.29) is 10.8 Å². The zero-order valence-corrected chi connectivity index (χ0v) is 18.6. The van der Waals surface area contributed by atoms with Crippen LogP contribution in [0.4, 0.5) is 17.5 Å². The van der Waals surface area contributed by atoms with Crippen molar-refractivity contribution in [1.29, 1.82) is 0 Å². The Morgan fingerprint density at radius 2 is 1.84 bits per heavy atom. The number of anilines is 3. The number of rotatable bonds is 2. The summed E-state index contributed by atoms with van der Waals surface area (Å²) in [6.45, 7) is 0.808. The highest BCUT2D eigenvalue weighted by molar-refractivity contribution is 7.89. The van der Waals surface area contributed by atoms with Crippen molar-refractivity contribution in [2.75, 3.05) is 37.8 Å². The summed E-state index contributed by atoms with van der Waals surface area (Å²) < 4.78 is 27.6. The SMILES string of the molecule is CN(C)C(=O)c1ccc(-c2cnc3nc2NCCCNS(=O)(=O)c2cccc(c2)N3)cc1. The molecule has 0 radical (unpaired) electrons. The third-order valence-corrected chi connectivity index (χ3v) is 6.44. The number of amides is 1. The average molecular weight is 453 g/mol. The summed E-state index contributed by atoms with van der Waals surface area (Å²) in [5.74, 6) is 0.894. The largest absolute Gasteiger partial charge is 0.369 e. The van der Waals surface area contributed by atoms with E-state index in [0.29, 0.717) is 42.5 Å². The molecule has 3 N–H and O–H groups in total. The number of benzene rings is 2. The minimum absolute atomic E-state index is 0.0686. The molecule has 0 aliphatic carbocycles. The molecule has 0 fully saturated rings. The maximum absolute atomic E-state index is 12.5. The van der Waals surface area contributed by atoms with E-state index in [9.17, 15) is 13.2 Å². The van der Waals surface area contributed by atoms with E-state index in [0.717, 1.165) is 11.1 Å². The van der Waals surface area contributed by atoms with E-state index in [1.807, 2.05) is 12.1 Å². The van der Waals surface area contributed by atoms with Crippen molar-refractivity contribution in [2.24, 2.45) is 0 Å². The van der Waals surface area contributed by atoms with Gasteiger partial charge in [-0.25, -0.2) is 18.1 Å². The van der Waals surface area contributed by atoms with Gasteiger partial charge in [0.1, 0.15) is 5.82 Å². The Labute approximate surface area is 187 Å². The Balaban J connectivity index is 1.69. The van der Waals surface area contributed by atoms with Crippen molar-refractivity contribution in [3.05, 3.63) is 60.3 Å². The van der Waals surface area contributed by atoms with Gasteiger partial charge in [-0.15, -0.1) is 0 Å². The molecule has 3 aromatic rings. The quantitative estimate of drug-likeness (QED) is 0.547. The molecule has 2 heterocycles. The van der Waals surface area contributed by atoms with Gasteiger partial charge in [-0.2, -0.15) is 4.98 Å². The summed E-state index contributed by atoms with van der Waals surface area (Å²) in [4.78, 5) is 22.9. The molecule has 0 unspecified atom stereocenters. The number of nitrogens with zero attached hydrogens (tertiary/aromatic N) is 3. The second kappa shape index (κ2) is 8.93. The summed E-state index contributed by atoms with van der Waals surface area (Å²) >= 11 is 0. The molecule has 4 rings (SSSR count). The first kappa shape index (κ1) is 21.7. The predicted molar refractivity (Wildman–Crippen MR) is 124 cm³/mol. The monoisotopic (exact) mass is 452 g/mol. The van der Waals surface area contributed by atoms with Gasteiger partial charge in [-0.1, -0.05) is 18.2 Å². The van der Waals surface area contributed by atoms with E-state index in [2.05, 4.69) is 25.3 Å². The molecule has 1 aliphatic rings. The van der Waals surface area contributed by atoms with Gasteiger partial charge in [0, 0.05) is 50.2 Å². The molecule has 0 saturated carbocycles. The molecule has 1 aliphatic heterocycles. The minimum Gasteiger partial charge on any atom is -0.369 e. The lowest BCUT2D eigenvalue weighted by Gasteiger charge is -2.14. The third kappa shape index (κ3) is 4.71. The van der Waals surface area contributed by atoms with Gasteiger partial charge < -0.3 is 15.5 Å². The fourth-order valence-corrected chi connectivity index (χ4v) is 4.41. The van der Waals surface area contributed by atoms with Crippen molar-refractivity contribution in [1.82, 2.24) is 19.6 Å². The number of hydrogen-bond donors (Lipinski definition) is 3. The second-order valence-electron chi connectivity index (χ2n) is 7.56. The Morgan fingerprint density at radius 3 is 2.59 bits per heavy atom. The molecule has 10 heteroatoms. The van der Waals surface area contributed by atoms with E-state index in [1.54, 1.807) is 56.7 Å². The first-order valence-electron chi connectivity index (χ1n) is 10.1. The van der Waals surface area contributed by atoms with Crippen LogP contribution in [0.2, 0.25) is 0 Å². The van der Waals surface area contributed by atoms with Crippen LogP contribution in [0.1, 0.15) is 16.8 Å². The second-order valence-corrected chi connectivity index (χ2v) is 9.33. The Hall–Kier alpha value is -3.50. The van der Waals surface area contributed by atoms with Gasteiger partial charge >= 0.3 is 0 Å². The molecular weight excluding hydrogens is 428 g/mol. The molecule has 9 nitrogen and oxygen atoms in total. The van der Waals surface area contributed by atoms with Crippen LogP contribution in [0.25, 0.3) is 11.1 Å². The Kier molecular flexibility index (Phi) is 6.06. The Bertz CT molecular complexity index is 1240. The highest BCUT2D eigenvalue weighted by atomic mass is 32.2. The molecule has 1 amide bonds. The molecule has 1 aromatic heterocycles. The molecule has 2 aromatic carbocycles. The summed E-state index contributed by atoms with van der Waals surface area (Å²) in [6, 6.07) is 13.8. The number of hydrogen-bond acceptors (Lipinski definition) is 7. The highest BCUT2D eigenvalue weighted by Gasteiger charge is 2.16. The van der Waals surface area contributed by atoms with Gasteiger partial charge in [0.05, 0.1) is 4.90 Å². The number of fused-ring (bicyclic) bond motifs is 4. The summed E-state index contributed by atoms with van der Waals surface area (Å²) in [5, 5.41) is 6.35. The minimum atomic E-state index is -3.59. The van der Waals surface area contributed by atoms with Gasteiger partial charge in [-0.3, -0.25) is 4.79 Å². The topological polar surface area (TPSA) is 116 Å². The predicted octanol–water partition coefficient (Wildman–Crippen LogP) is 2.68. The fourth-order valence-electron chi connectivity index (χ4n) is 3.29. The number of nitrogens with one attached hydrogen (secondary N) is 3. The van der Waals surface area contributed by atoms with Crippen LogP contribution in [-0.2, 0) is 10.0 Å². The van der Waals surface area contributed by atoms with Crippen molar-refractivity contribution in [3.8, 4) is 11.1 Å². The van der Waals surface area contributed by atoms with Crippen LogP contribution in [0.5, 0.6) is 0 Å². The van der Waals surface area contributed by atoms with Crippen LogP contribution in [-0.4, -0.2) is 56.4 Å². The maximum atomic E-state index is 12.5. The van der Waals surface area contributed by atoms with Crippen LogP contribution < -0.4 is 15.4 Å². The van der Waals surface area contributed by atoms with Crippen LogP contribution in [0.15, 0.2) is 59.6 Å². The van der Waals surface area contributed by atoms with Crippen molar-refractivity contribution < 1.29 is 13.2 Å². The number of carbonyl (C=O) groups is 1. The van der Waals surface area contributed by atoms with Crippen molar-refractivity contribution in [3.63, 3.8) is 0 Å². The van der Waals surface area contributed by atoms with E-state index < -0.39 is 10.0 Å². The van der Waals surface area contributed by atoms with Gasteiger partial charge in [-0.05, 0) is 42.3 Å². The lowest BCUT2D eigenvalue weighted by molar-refractivity contribution is 0.0827. The highest BCUT2D eigenvalue weighted by Crippen LogP contribution is 2.28. The van der Waals surface area contributed by atoms with Crippen LogP contribution in [0.3, 0.4) is 0 Å². The summed E-state index contributed by atoms with van der Waals surface area (Å²) in [5.41, 5.74) is 2.81. The first-order valence-corrected chi connectivity index (χ1v) is 11.6. The molecular formula is C22H24N6O3S. The zero-order valence-electron chi connectivity index (χ0n) is 17.8. The normalized spacial score (nSPS) is 15.2. The van der Waals surface area contributed by atoms with Crippen LogP contribution >= 0.6 is 0 Å². The number of aromatic nitrogens is 2. The third-order valence-electron chi connectivity index (χ3n) is 4.98. The van der Waals surface area contributed by atoms with Crippen LogP contribution in [0, 0.1) is 0 Å². The molecule has 0 saturated heterocycles. The first-order chi connectivity index (χ1) is 15.3. The molecule has 32 heavy (non-hydrogen) atoms. The van der Waals surface area contributed by atoms with Gasteiger partial charge in [0.15, 0.2) is 0 Å². The lowest BCUT2D eigenvalue weighted by atomic mass is 10.1. The molecule has 166 valence electrons. The lowest BCUT2D eigenvalue weighted by Crippen LogP contribution is -2.26. The van der Waals surface area contributed by atoms with Gasteiger partial charge in [0.2, 0.25) is 16.0 Å². The van der Waals surface area contributed by atoms with E-state index in [1.165, 1.54) is 4.90 Å². The maximum Gasteiger partial charge on any atom is 0.253 e. The fraction of sp³-hybridized carbons (Fsp3) is 0.227. The van der Waals surface area contributed by atoms with E-state index in [4.69, 9.17) is 0 Å².